The van der Waals surface area contributed by atoms with Crippen LogP contribution in [0.4, 0.5) is 0 Å². The average Bonchev–Trinajstić information content (AvgIpc) is 2.67. The van der Waals surface area contributed by atoms with Crippen LogP contribution >= 0.6 is 0 Å². The Morgan fingerprint density at radius 1 is 1.13 bits per heavy atom. The maximum atomic E-state index is 13.1. The summed E-state index contributed by atoms with van der Waals surface area (Å²) in [5.74, 6) is -0.124. The molecule has 0 aliphatic carbocycles. The van der Waals surface area contributed by atoms with Crippen molar-refractivity contribution in [2.45, 2.75) is 44.7 Å². The van der Waals surface area contributed by atoms with Gasteiger partial charge < -0.3 is 4.90 Å². The first-order chi connectivity index (χ1) is 14.0. The van der Waals surface area contributed by atoms with Gasteiger partial charge in [-0.3, -0.25) is 14.7 Å². The number of pyridine rings is 1. The lowest BCUT2D eigenvalue weighted by atomic mass is 10.1. The number of nitrogens with zero attached hydrogens (tertiary/aromatic N) is 3. The van der Waals surface area contributed by atoms with E-state index in [1.807, 2.05) is 25.3 Å². The lowest BCUT2D eigenvalue weighted by Crippen LogP contribution is -2.48. The van der Waals surface area contributed by atoms with E-state index in [1.54, 1.807) is 44.0 Å². The highest BCUT2D eigenvalue weighted by Gasteiger charge is 2.26. The number of hydrogen-bond acceptors (Lipinski definition) is 5. The Hall–Kier alpha value is -2.29. The smallest absolute Gasteiger partial charge is 0.254 e. The van der Waals surface area contributed by atoms with Crippen molar-refractivity contribution in [3.8, 4) is 0 Å². The summed E-state index contributed by atoms with van der Waals surface area (Å²) in [6, 6.07) is 8.71. The number of aryl methyl sites for hydroxylation is 1. The number of carbonyl (C=O) groups is 1. The summed E-state index contributed by atoms with van der Waals surface area (Å²) in [4.78, 5) is 21.5. The van der Waals surface area contributed by atoms with E-state index in [2.05, 4.69) is 14.6 Å². The van der Waals surface area contributed by atoms with Crippen molar-refractivity contribution in [1.82, 2.24) is 19.5 Å². The lowest BCUT2D eigenvalue weighted by molar-refractivity contribution is 0.0627. The second-order valence-electron chi connectivity index (χ2n) is 8.76. The first kappa shape index (κ1) is 22.4. The molecule has 0 bridgehead atoms. The minimum Gasteiger partial charge on any atom is -0.336 e. The van der Waals surface area contributed by atoms with Crippen LogP contribution in [0.15, 0.2) is 47.6 Å². The van der Waals surface area contributed by atoms with Gasteiger partial charge >= 0.3 is 0 Å². The molecule has 0 unspecified atom stereocenters. The minimum atomic E-state index is -3.70. The van der Waals surface area contributed by atoms with Crippen molar-refractivity contribution in [2.24, 2.45) is 0 Å². The van der Waals surface area contributed by atoms with Crippen LogP contribution in [0.5, 0.6) is 0 Å². The summed E-state index contributed by atoms with van der Waals surface area (Å²) >= 11 is 0. The number of rotatable bonds is 5. The van der Waals surface area contributed by atoms with Crippen LogP contribution < -0.4 is 4.72 Å². The highest BCUT2D eigenvalue weighted by atomic mass is 32.2. The van der Waals surface area contributed by atoms with E-state index in [0.717, 1.165) is 30.8 Å². The zero-order valence-corrected chi connectivity index (χ0v) is 18.9. The van der Waals surface area contributed by atoms with Gasteiger partial charge in [0.25, 0.3) is 5.91 Å². The molecule has 2 aromatic rings. The molecule has 162 valence electrons. The number of nitrogens with one attached hydrogen (secondary N) is 1. The average molecular weight is 431 g/mol. The Balaban J connectivity index is 1.70. The molecule has 1 aromatic heterocycles. The van der Waals surface area contributed by atoms with Crippen molar-refractivity contribution in [2.75, 3.05) is 26.2 Å². The second-order valence-corrected chi connectivity index (χ2v) is 10.4. The van der Waals surface area contributed by atoms with Gasteiger partial charge in [-0.05, 0) is 57.0 Å². The van der Waals surface area contributed by atoms with E-state index in [9.17, 15) is 13.2 Å². The van der Waals surface area contributed by atoms with Gasteiger partial charge in [0, 0.05) is 56.2 Å². The molecule has 0 radical (unpaired) electrons. The van der Waals surface area contributed by atoms with Crippen LogP contribution in [0.2, 0.25) is 0 Å². The third-order valence-electron chi connectivity index (χ3n) is 4.98. The normalized spacial score (nSPS) is 15.9. The molecule has 1 aliphatic heterocycles. The number of carbonyl (C=O) groups excluding carboxylic acids is 1. The fourth-order valence-corrected chi connectivity index (χ4v) is 4.93. The third-order valence-corrected chi connectivity index (χ3v) is 6.73. The van der Waals surface area contributed by atoms with Crippen LogP contribution in [0.25, 0.3) is 0 Å². The zero-order chi connectivity index (χ0) is 21.9. The van der Waals surface area contributed by atoms with Crippen LogP contribution in [0.1, 0.15) is 42.3 Å². The number of amides is 1. The fraction of sp³-hybridized carbons (Fsp3) is 0.455. The molecule has 0 spiro atoms. The Morgan fingerprint density at radius 3 is 2.43 bits per heavy atom. The second kappa shape index (κ2) is 8.83. The van der Waals surface area contributed by atoms with E-state index in [4.69, 9.17) is 0 Å². The molecule has 1 fully saturated rings. The molecule has 1 saturated heterocycles. The van der Waals surface area contributed by atoms with Gasteiger partial charge in [-0.2, -0.15) is 0 Å². The molecule has 30 heavy (non-hydrogen) atoms. The van der Waals surface area contributed by atoms with Gasteiger partial charge in [0.15, 0.2) is 0 Å². The lowest BCUT2D eigenvalue weighted by Gasteiger charge is -2.35. The molecule has 1 amide bonds. The van der Waals surface area contributed by atoms with Crippen molar-refractivity contribution < 1.29 is 13.2 Å². The Kier molecular flexibility index (Phi) is 6.59. The summed E-state index contributed by atoms with van der Waals surface area (Å²) in [6.45, 7) is 10.7. The van der Waals surface area contributed by atoms with Gasteiger partial charge in [-0.1, -0.05) is 12.1 Å². The van der Waals surface area contributed by atoms with Gasteiger partial charge in [0.1, 0.15) is 0 Å². The predicted octanol–water partition coefficient (Wildman–Crippen LogP) is 2.42. The SMILES string of the molecule is Cc1ccc(S(=O)(=O)NC(C)(C)C)cc1C(=O)N1CCN(Cc2cccnc2)CC1. The highest BCUT2D eigenvalue weighted by Crippen LogP contribution is 2.20. The number of benzene rings is 1. The Bertz CT molecular complexity index is 993. The summed E-state index contributed by atoms with van der Waals surface area (Å²) in [5.41, 5.74) is 1.76. The van der Waals surface area contributed by atoms with E-state index >= 15 is 0 Å². The maximum absolute atomic E-state index is 13.1. The van der Waals surface area contributed by atoms with Crippen molar-refractivity contribution >= 4 is 15.9 Å². The van der Waals surface area contributed by atoms with E-state index in [0.29, 0.717) is 18.7 Å². The molecule has 1 aliphatic rings. The molecule has 0 atom stereocenters. The van der Waals surface area contributed by atoms with Crippen LogP contribution in [0, 0.1) is 6.92 Å². The Morgan fingerprint density at radius 2 is 1.83 bits per heavy atom. The largest absolute Gasteiger partial charge is 0.336 e. The number of hydrogen-bond donors (Lipinski definition) is 1. The summed E-state index contributed by atoms with van der Waals surface area (Å²) in [7, 11) is -3.70. The Labute approximate surface area is 179 Å². The molecule has 8 heteroatoms. The fourth-order valence-electron chi connectivity index (χ4n) is 3.49. The highest BCUT2D eigenvalue weighted by molar-refractivity contribution is 7.89. The van der Waals surface area contributed by atoms with Gasteiger partial charge in [-0.15, -0.1) is 0 Å². The van der Waals surface area contributed by atoms with Crippen molar-refractivity contribution in [1.29, 1.82) is 0 Å². The molecular formula is C22H30N4O3S. The quantitative estimate of drug-likeness (QED) is 0.788. The summed E-state index contributed by atoms with van der Waals surface area (Å²) in [5, 5.41) is 0. The summed E-state index contributed by atoms with van der Waals surface area (Å²) in [6.07, 6.45) is 3.62. The van der Waals surface area contributed by atoms with E-state index in [-0.39, 0.29) is 10.8 Å². The zero-order valence-electron chi connectivity index (χ0n) is 18.1. The standard InChI is InChI=1S/C22H30N4O3S/c1-17-7-8-19(30(28,29)24-22(2,3)4)14-20(17)21(27)26-12-10-25(11-13-26)16-18-6-5-9-23-15-18/h5-9,14-15,24H,10-13,16H2,1-4H3. The van der Waals surface area contributed by atoms with Gasteiger partial charge in [0.05, 0.1) is 4.90 Å². The molecule has 0 saturated carbocycles. The number of sulfonamides is 1. The van der Waals surface area contributed by atoms with Crippen LogP contribution in [0.3, 0.4) is 0 Å². The number of piperazine rings is 1. The van der Waals surface area contributed by atoms with Gasteiger partial charge in [-0.25, -0.2) is 13.1 Å². The molecule has 7 nitrogen and oxygen atoms in total. The van der Waals surface area contributed by atoms with E-state index in [1.165, 1.54) is 6.07 Å². The topological polar surface area (TPSA) is 82.6 Å². The van der Waals surface area contributed by atoms with Gasteiger partial charge in [0.2, 0.25) is 10.0 Å². The van der Waals surface area contributed by atoms with Crippen molar-refractivity contribution in [3.63, 3.8) is 0 Å². The predicted molar refractivity (Wildman–Crippen MR) is 117 cm³/mol. The molecular weight excluding hydrogens is 400 g/mol. The monoisotopic (exact) mass is 430 g/mol. The third kappa shape index (κ3) is 5.65. The maximum Gasteiger partial charge on any atom is 0.254 e. The van der Waals surface area contributed by atoms with Crippen molar-refractivity contribution in [3.05, 3.63) is 59.4 Å². The summed E-state index contributed by atoms with van der Waals surface area (Å²) < 4.78 is 28.0. The first-order valence-corrected chi connectivity index (χ1v) is 11.6. The minimum absolute atomic E-state index is 0.113. The molecule has 1 aromatic carbocycles. The molecule has 1 N–H and O–H groups in total. The molecule has 2 heterocycles. The van der Waals surface area contributed by atoms with Crippen LogP contribution in [-0.4, -0.2) is 60.8 Å². The first-order valence-electron chi connectivity index (χ1n) is 10.1. The molecule has 3 rings (SSSR count). The number of aromatic nitrogens is 1. The van der Waals surface area contributed by atoms with E-state index < -0.39 is 15.6 Å². The van der Waals surface area contributed by atoms with Crippen LogP contribution in [-0.2, 0) is 16.6 Å².